The summed E-state index contributed by atoms with van der Waals surface area (Å²) in [6, 6.07) is 0. The first-order valence-electron chi connectivity index (χ1n) is 5.24. The zero-order chi connectivity index (χ0) is 12.0. The number of rotatable bonds is 7. The van der Waals surface area contributed by atoms with Crippen LogP contribution < -0.4 is 0 Å². The van der Waals surface area contributed by atoms with Gasteiger partial charge in [0.25, 0.3) is 0 Å². The number of hydrogen-bond donors (Lipinski definition) is 1. The summed E-state index contributed by atoms with van der Waals surface area (Å²) in [5, 5.41) is 19.7. The lowest BCUT2D eigenvalue weighted by molar-refractivity contribution is -0.136. The number of aromatic nitrogens is 4. The van der Waals surface area contributed by atoms with Gasteiger partial charge in [-0.3, -0.25) is 4.79 Å². The van der Waals surface area contributed by atoms with E-state index >= 15 is 0 Å². The number of carbonyl (C=O) groups is 1. The molecular formula is C9H16N4O2S. The van der Waals surface area contributed by atoms with Gasteiger partial charge in [0.1, 0.15) is 0 Å². The molecule has 1 aromatic heterocycles. The summed E-state index contributed by atoms with van der Waals surface area (Å²) in [5.41, 5.74) is 0. The van der Waals surface area contributed by atoms with Crippen molar-refractivity contribution in [2.45, 2.75) is 44.2 Å². The topological polar surface area (TPSA) is 80.9 Å². The third kappa shape index (κ3) is 3.80. The highest BCUT2D eigenvalue weighted by atomic mass is 32.2. The quantitative estimate of drug-likeness (QED) is 0.775. The van der Waals surface area contributed by atoms with Crippen molar-refractivity contribution in [1.82, 2.24) is 20.2 Å². The number of nitrogens with zero attached hydrogens (tertiary/aromatic N) is 4. The van der Waals surface area contributed by atoms with Gasteiger partial charge in [-0.2, -0.15) is 0 Å². The Bertz CT molecular complexity index is 342. The molecule has 0 saturated carbocycles. The Morgan fingerprint density at radius 2 is 2.38 bits per heavy atom. The smallest absolute Gasteiger partial charge is 0.316 e. The molecular weight excluding hydrogens is 228 g/mol. The van der Waals surface area contributed by atoms with Gasteiger partial charge in [-0.15, -0.1) is 16.9 Å². The van der Waals surface area contributed by atoms with Crippen molar-refractivity contribution >= 4 is 17.7 Å². The lowest BCUT2D eigenvalue weighted by Crippen LogP contribution is -2.13. The number of aliphatic carboxylic acids is 1. The molecule has 1 aromatic rings. The van der Waals surface area contributed by atoms with Crippen molar-refractivity contribution in [3.8, 4) is 0 Å². The minimum absolute atomic E-state index is 0.434. The van der Waals surface area contributed by atoms with E-state index in [0.29, 0.717) is 5.75 Å². The van der Waals surface area contributed by atoms with Crippen LogP contribution in [0.25, 0.3) is 0 Å². The van der Waals surface area contributed by atoms with Gasteiger partial charge < -0.3 is 5.11 Å². The summed E-state index contributed by atoms with van der Waals surface area (Å²) < 4.78 is 1.74. The van der Waals surface area contributed by atoms with Gasteiger partial charge in [-0.05, 0) is 23.8 Å². The van der Waals surface area contributed by atoms with E-state index < -0.39 is 11.2 Å². The van der Waals surface area contributed by atoms with Gasteiger partial charge in [-0.1, -0.05) is 13.3 Å². The lowest BCUT2D eigenvalue weighted by atomic mass is 10.3. The van der Waals surface area contributed by atoms with Gasteiger partial charge in [0.2, 0.25) is 0 Å². The number of carboxylic acid groups (broad SMARTS) is 1. The highest BCUT2D eigenvalue weighted by Gasteiger charge is 2.13. The third-order valence-electron chi connectivity index (χ3n) is 2.14. The van der Waals surface area contributed by atoms with E-state index in [-0.39, 0.29) is 0 Å². The van der Waals surface area contributed by atoms with Crippen LogP contribution in [-0.4, -0.2) is 36.5 Å². The minimum Gasteiger partial charge on any atom is -0.480 e. The van der Waals surface area contributed by atoms with Crippen molar-refractivity contribution in [3.05, 3.63) is 5.82 Å². The predicted molar refractivity (Wildman–Crippen MR) is 61.1 cm³/mol. The Balaban J connectivity index is 2.47. The number of aryl methyl sites for hydroxylation is 1. The molecule has 1 atom stereocenters. The fraction of sp³-hybridized carbons (Fsp3) is 0.778. The molecule has 0 saturated heterocycles. The Kier molecular flexibility index (Phi) is 5.24. The van der Waals surface area contributed by atoms with E-state index in [1.807, 2.05) is 0 Å². The summed E-state index contributed by atoms with van der Waals surface area (Å²) in [6.07, 6.45) is 2.11. The van der Waals surface area contributed by atoms with Crippen LogP contribution in [0, 0.1) is 0 Å². The number of unbranched alkanes of at least 4 members (excludes halogenated alkanes) is 1. The lowest BCUT2D eigenvalue weighted by Gasteiger charge is -2.06. The molecule has 0 amide bonds. The van der Waals surface area contributed by atoms with Crippen LogP contribution in [-0.2, 0) is 17.1 Å². The van der Waals surface area contributed by atoms with Crippen LogP contribution >= 0.6 is 11.8 Å². The molecule has 0 aliphatic rings. The Morgan fingerprint density at radius 1 is 1.62 bits per heavy atom. The number of hydrogen-bond acceptors (Lipinski definition) is 5. The van der Waals surface area contributed by atoms with Crippen LogP contribution in [0.1, 0.15) is 32.5 Å². The second kappa shape index (κ2) is 6.47. The minimum atomic E-state index is -0.808. The van der Waals surface area contributed by atoms with E-state index in [1.165, 1.54) is 11.8 Å². The summed E-state index contributed by atoms with van der Waals surface area (Å²) in [5.74, 6) is 0.466. The van der Waals surface area contributed by atoms with Crippen LogP contribution in [0.2, 0.25) is 0 Å². The molecule has 1 rings (SSSR count). The van der Waals surface area contributed by atoms with Crippen molar-refractivity contribution in [3.63, 3.8) is 0 Å². The van der Waals surface area contributed by atoms with E-state index in [9.17, 15) is 4.79 Å². The van der Waals surface area contributed by atoms with E-state index in [2.05, 4.69) is 22.4 Å². The molecule has 0 spiro atoms. The largest absolute Gasteiger partial charge is 0.480 e. The van der Waals surface area contributed by atoms with Crippen molar-refractivity contribution < 1.29 is 9.90 Å². The highest BCUT2D eigenvalue weighted by molar-refractivity contribution is 7.99. The molecule has 90 valence electrons. The second-order valence-electron chi connectivity index (χ2n) is 3.46. The monoisotopic (exact) mass is 244 g/mol. The maximum Gasteiger partial charge on any atom is 0.316 e. The summed E-state index contributed by atoms with van der Waals surface area (Å²) >= 11 is 1.33. The molecule has 1 unspecified atom stereocenters. The van der Waals surface area contributed by atoms with Crippen LogP contribution in [0.4, 0.5) is 0 Å². The predicted octanol–water partition coefficient (Wildman–Crippen LogP) is 1.18. The molecule has 0 fully saturated rings. The molecule has 0 bridgehead atoms. The Labute approximate surface area is 98.4 Å². The molecule has 6 nitrogen and oxygen atoms in total. The van der Waals surface area contributed by atoms with Crippen LogP contribution in [0.15, 0.2) is 0 Å². The fourth-order valence-corrected chi connectivity index (χ4v) is 1.83. The average Bonchev–Trinajstić information content (AvgIpc) is 2.70. The molecule has 16 heavy (non-hydrogen) atoms. The van der Waals surface area contributed by atoms with Gasteiger partial charge in [0, 0.05) is 6.54 Å². The molecule has 0 radical (unpaired) electrons. The van der Waals surface area contributed by atoms with Crippen LogP contribution in [0.3, 0.4) is 0 Å². The maximum atomic E-state index is 10.6. The van der Waals surface area contributed by atoms with Crippen LogP contribution in [0.5, 0.6) is 0 Å². The first kappa shape index (κ1) is 13.0. The Morgan fingerprint density at radius 3 is 3.00 bits per heavy atom. The highest BCUT2D eigenvalue weighted by Crippen LogP contribution is 2.15. The molecule has 7 heteroatoms. The first-order chi connectivity index (χ1) is 7.65. The average molecular weight is 244 g/mol. The zero-order valence-electron chi connectivity index (χ0n) is 9.46. The van der Waals surface area contributed by atoms with Crippen molar-refractivity contribution in [1.29, 1.82) is 0 Å². The van der Waals surface area contributed by atoms with Crippen molar-refractivity contribution in [2.75, 3.05) is 0 Å². The van der Waals surface area contributed by atoms with Crippen molar-refractivity contribution in [2.24, 2.45) is 0 Å². The Hall–Kier alpha value is -1.11. The summed E-state index contributed by atoms with van der Waals surface area (Å²) in [6.45, 7) is 4.55. The van der Waals surface area contributed by atoms with E-state index in [1.54, 1.807) is 11.6 Å². The van der Waals surface area contributed by atoms with Gasteiger partial charge in [0.15, 0.2) is 5.82 Å². The second-order valence-corrected chi connectivity index (χ2v) is 4.79. The summed E-state index contributed by atoms with van der Waals surface area (Å²) in [7, 11) is 0. The maximum absolute atomic E-state index is 10.6. The summed E-state index contributed by atoms with van der Waals surface area (Å²) in [4.78, 5) is 10.6. The third-order valence-corrected chi connectivity index (χ3v) is 3.27. The van der Waals surface area contributed by atoms with Gasteiger partial charge in [0.05, 0.1) is 11.0 Å². The molecule has 0 aromatic carbocycles. The zero-order valence-corrected chi connectivity index (χ0v) is 10.3. The molecule has 1 N–H and O–H groups in total. The normalized spacial score (nSPS) is 12.6. The SMILES string of the molecule is CCCCn1nnnc1CSC(C)C(=O)O. The van der Waals surface area contributed by atoms with E-state index in [4.69, 9.17) is 5.11 Å². The standard InChI is InChI=1S/C9H16N4O2S/c1-3-4-5-13-8(10-11-12-13)6-16-7(2)9(14)15/h7H,3-6H2,1-2H3,(H,14,15). The van der Waals surface area contributed by atoms with Gasteiger partial charge >= 0.3 is 5.97 Å². The number of tetrazole rings is 1. The molecule has 1 heterocycles. The number of carboxylic acids is 1. The number of thioether (sulfide) groups is 1. The fourth-order valence-electron chi connectivity index (χ4n) is 1.08. The molecule has 0 aliphatic heterocycles. The van der Waals surface area contributed by atoms with E-state index in [0.717, 1.165) is 25.2 Å². The molecule has 0 aliphatic carbocycles. The first-order valence-corrected chi connectivity index (χ1v) is 6.29. The van der Waals surface area contributed by atoms with Gasteiger partial charge in [-0.25, -0.2) is 4.68 Å².